The predicted molar refractivity (Wildman–Crippen MR) is 219 cm³/mol. The third-order valence-electron chi connectivity index (χ3n) is 12.3. The zero-order valence-corrected chi connectivity index (χ0v) is 30.2. The van der Waals surface area contributed by atoms with Crippen LogP contribution in [0.3, 0.4) is 0 Å². The van der Waals surface area contributed by atoms with Gasteiger partial charge in [-0.15, -0.1) is 0 Å². The molecule has 4 saturated carbocycles. The van der Waals surface area contributed by atoms with Crippen molar-refractivity contribution in [2.75, 3.05) is 0 Å². The van der Waals surface area contributed by atoms with Crippen molar-refractivity contribution in [2.45, 2.75) is 43.9 Å². The lowest BCUT2D eigenvalue weighted by molar-refractivity contribution is -0.00518. The molecule has 0 amide bonds. The van der Waals surface area contributed by atoms with Crippen LogP contribution in [-0.4, -0.2) is 15.0 Å². The van der Waals surface area contributed by atoms with E-state index in [1.807, 2.05) is 54.6 Å². The van der Waals surface area contributed by atoms with Crippen LogP contribution in [0.2, 0.25) is 0 Å². The van der Waals surface area contributed by atoms with Crippen molar-refractivity contribution in [2.24, 2.45) is 17.8 Å². The Bertz CT molecular complexity index is 2460. The largest absolute Gasteiger partial charge is 0.238 e. The highest BCUT2D eigenvalue weighted by molar-refractivity contribution is 5.81. The summed E-state index contributed by atoms with van der Waals surface area (Å²) < 4.78 is 0. The summed E-state index contributed by atoms with van der Waals surface area (Å²) in [5, 5.41) is 0. The molecule has 4 heteroatoms. The van der Waals surface area contributed by atoms with E-state index in [-0.39, 0.29) is 0 Å². The van der Waals surface area contributed by atoms with E-state index in [9.17, 15) is 0 Å². The van der Waals surface area contributed by atoms with Crippen LogP contribution in [0.1, 0.15) is 44.1 Å². The normalized spacial score (nSPS) is 21.1. The minimum atomic E-state index is 0.364. The quantitative estimate of drug-likeness (QED) is 0.156. The first-order valence-corrected chi connectivity index (χ1v) is 19.3. The van der Waals surface area contributed by atoms with E-state index in [0.29, 0.717) is 28.6 Å². The van der Waals surface area contributed by atoms with E-state index in [0.717, 1.165) is 51.1 Å². The Morgan fingerprint density at radius 2 is 0.778 bits per heavy atom. The topological polar surface area (TPSA) is 43.0 Å². The fraction of sp³-hybridized carbons (Fsp3) is 0.200. The molecule has 4 nitrogen and oxygen atoms in total. The molecule has 0 atom stereocenters. The minimum absolute atomic E-state index is 0.364. The molecule has 0 saturated heterocycles. The minimum Gasteiger partial charge on any atom is -0.238 e. The zero-order valence-electron chi connectivity index (χ0n) is 30.2. The van der Waals surface area contributed by atoms with Crippen molar-refractivity contribution in [3.8, 4) is 67.5 Å². The standard InChI is InChI=1S/C50H40N4/c1-51-46-22-18-41(19-23-46)48-52-47(40-10-6-3-7-11-40)53-49(54-48)44-28-42(38-14-12-37(13-15-38)36-8-4-2-5-9-36)27-43(29-44)39-16-20-45(21-17-39)50-30-33-24-34(31-50)26-35(25-33)32-50/h2-23,27-29,33-35H,24-26,30-32H2. The van der Waals surface area contributed by atoms with Crippen LogP contribution in [0.25, 0.3) is 72.4 Å². The number of nitrogens with zero attached hydrogens (tertiary/aromatic N) is 4. The number of hydrogen-bond acceptors (Lipinski definition) is 3. The van der Waals surface area contributed by atoms with Crippen LogP contribution in [0.4, 0.5) is 5.69 Å². The Kier molecular flexibility index (Phi) is 8.02. The van der Waals surface area contributed by atoms with Crippen LogP contribution in [0.5, 0.6) is 0 Å². The van der Waals surface area contributed by atoms with Gasteiger partial charge >= 0.3 is 0 Å². The maximum absolute atomic E-state index is 7.44. The van der Waals surface area contributed by atoms with Gasteiger partial charge in [0.15, 0.2) is 23.2 Å². The third-order valence-corrected chi connectivity index (χ3v) is 12.3. The van der Waals surface area contributed by atoms with Gasteiger partial charge in [-0.1, -0.05) is 133 Å². The Labute approximate surface area is 317 Å². The van der Waals surface area contributed by atoms with Gasteiger partial charge in [-0.2, -0.15) is 0 Å². The van der Waals surface area contributed by atoms with Crippen molar-refractivity contribution < 1.29 is 0 Å². The molecule has 4 aliphatic rings. The van der Waals surface area contributed by atoms with E-state index in [1.54, 1.807) is 0 Å². The van der Waals surface area contributed by atoms with E-state index in [2.05, 4.69) is 102 Å². The molecule has 1 heterocycles. The fourth-order valence-electron chi connectivity index (χ4n) is 10.1. The van der Waals surface area contributed by atoms with Crippen molar-refractivity contribution in [3.63, 3.8) is 0 Å². The summed E-state index contributed by atoms with van der Waals surface area (Å²) in [5.74, 6) is 4.56. The van der Waals surface area contributed by atoms with Crippen molar-refractivity contribution in [1.82, 2.24) is 15.0 Å². The van der Waals surface area contributed by atoms with E-state index in [4.69, 9.17) is 21.5 Å². The highest BCUT2D eigenvalue weighted by atomic mass is 15.0. The van der Waals surface area contributed by atoms with Crippen LogP contribution < -0.4 is 0 Å². The molecule has 0 radical (unpaired) electrons. The summed E-state index contributed by atoms with van der Waals surface area (Å²) in [5.41, 5.74) is 12.1. The summed E-state index contributed by atoms with van der Waals surface area (Å²) >= 11 is 0. The second kappa shape index (κ2) is 13.3. The molecule has 1 aromatic heterocycles. The number of aromatic nitrogens is 3. The van der Waals surface area contributed by atoms with Gasteiger partial charge in [-0.25, -0.2) is 19.8 Å². The SMILES string of the molecule is [C-]#[N+]c1ccc(-c2nc(-c3ccccc3)nc(-c3cc(-c4ccc(-c5ccccc5)cc4)cc(-c4ccc(C56CC7CC(CC(C7)C5)C6)cc4)c3)n2)cc1. The van der Waals surface area contributed by atoms with E-state index < -0.39 is 0 Å². The van der Waals surface area contributed by atoms with Crippen LogP contribution in [0, 0.1) is 24.3 Å². The second-order valence-electron chi connectivity index (χ2n) is 15.8. The molecule has 0 N–H and O–H groups in total. The summed E-state index contributed by atoms with van der Waals surface area (Å²) in [7, 11) is 0. The average molecular weight is 697 g/mol. The molecule has 260 valence electrons. The first-order chi connectivity index (χ1) is 26.6. The molecule has 54 heavy (non-hydrogen) atoms. The molecule has 0 unspecified atom stereocenters. The summed E-state index contributed by atoms with van der Waals surface area (Å²) in [4.78, 5) is 18.7. The summed E-state index contributed by atoms with van der Waals surface area (Å²) in [6.45, 7) is 7.44. The van der Waals surface area contributed by atoms with Crippen LogP contribution in [-0.2, 0) is 5.41 Å². The monoisotopic (exact) mass is 696 g/mol. The van der Waals surface area contributed by atoms with Gasteiger partial charge in [0, 0.05) is 16.7 Å². The molecule has 4 bridgehead atoms. The summed E-state index contributed by atoms with van der Waals surface area (Å²) in [6.07, 6.45) is 8.46. The van der Waals surface area contributed by atoms with Gasteiger partial charge in [0.25, 0.3) is 0 Å². The Hall–Kier alpha value is -6.18. The van der Waals surface area contributed by atoms with Crippen LogP contribution >= 0.6 is 0 Å². The van der Waals surface area contributed by atoms with Crippen LogP contribution in [0.15, 0.2) is 152 Å². The van der Waals surface area contributed by atoms with Gasteiger partial charge < -0.3 is 0 Å². The fourth-order valence-corrected chi connectivity index (χ4v) is 10.1. The second-order valence-corrected chi connectivity index (χ2v) is 15.8. The molecule has 4 aliphatic carbocycles. The smallest absolute Gasteiger partial charge is 0.187 e. The van der Waals surface area contributed by atoms with Gasteiger partial charge in [0.05, 0.1) is 6.57 Å². The number of rotatable bonds is 7. The maximum Gasteiger partial charge on any atom is 0.187 e. The number of hydrogen-bond donors (Lipinski definition) is 0. The lowest BCUT2D eigenvalue weighted by atomic mass is 9.48. The summed E-state index contributed by atoms with van der Waals surface area (Å²) in [6, 6.07) is 53.3. The first kappa shape index (κ1) is 32.5. The Morgan fingerprint density at radius 3 is 1.28 bits per heavy atom. The van der Waals surface area contributed by atoms with E-state index in [1.165, 1.54) is 60.8 Å². The van der Waals surface area contributed by atoms with Gasteiger partial charge in [0.1, 0.15) is 0 Å². The number of benzene rings is 6. The van der Waals surface area contributed by atoms with Gasteiger partial charge in [0.2, 0.25) is 0 Å². The molecule has 4 fully saturated rings. The maximum atomic E-state index is 7.44. The molecule has 0 aliphatic heterocycles. The molecular formula is C50H40N4. The Morgan fingerprint density at radius 1 is 0.407 bits per heavy atom. The highest BCUT2D eigenvalue weighted by Crippen LogP contribution is 2.60. The van der Waals surface area contributed by atoms with Gasteiger partial charge in [-0.05, 0) is 119 Å². The lowest BCUT2D eigenvalue weighted by Crippen LogP contribution is -2.48. The van der Waals surface area contributed by atoms with Crippen molar-refractivity contribution in [1.29, 1.82) is 0 Å². The third kappa shape index (κ3) is 6.10. The lowest BCUT2D eigenvalue weighted by Gasteiger charge is -2.57. The molecule has 11 rings (SSSR count). The molecular weight excluding hydrogens is 657 g/mol. The zero-order chi connectivity index (χ0) is 36.1. The molecule has 0 spiro atoms. The first-order valence-electron chi connectivity index (χ1n) is 19.3. The van der Waals surface area contributed by atoms with Crippen molar-refractivity contribution >= 4 is 5.69 Å². The average Bonchev–Trinajstić information content (AvgIpc) is 3.24. The Balaban J connectivity index is 1.09. The molecule has 7 aromatic rings. The highest BCUT2D eigenvalue weighted by Gasteiger charge is 2.51. The predicted octanol–water partition coefficient (Wildman–Crippen LogP) is 12.9. The molecule has 6 aromatic carbocycles. The van der Waals surface area contributed by atoms with E-state index >= 15 is 0 Å². The van der Waals surface area contributed by atoms with Gasteiger partial charge in [-0.3, -0.25) is 0 Å². The van der Waals surface area contributed by atoms with Crippen molar-refractivity contribution in [3.05, 3.63) is 169 Å².